The summed E-state index contributed by atoms with van der Waals surface area (Å²) in [5.41, 5.74) is 1.15. The summed E-state index contributed by atoms with van der Waals surface area (Å²) in [5, 5.41) is 10.3. The number of rotatable bonds is 4. The molecule has 1 N–H and O–H groups in total. The van der Waals surface area contributed by atoms with Gasteiger partial charge in [-0.25, -0.2) is 0 Å². The van der Waals surface area contributed by atoms with E-state index in [4.69, 9.17) is 27.9 Å². The van der Waals surface area contributed by atoms with Crippen molar-refractivity contribution in [1.29, 1.82) is 0 Å². The molecule has 27 heavy (non-hydrogen) atoms. The largest absolute Gasteiger partial charge is 0.504 e. The lowest BCUT2D eigenvalue weighted by molar-refractivity contribution is -0.123. The number of benzene rings is 2. The molecule has 140 valence electrons. The quantitative estimate of drug-likeness (QED) is 0.411. The van der Waals surface area contributed by atoms with Crippen molar-refractivity contribution in [2.24, 2.45) is 0 Å². The van der Waals surface area contributed by atoms with Crippen LogP contribution in [0.3, 0.4) is 0 Å². The molecule has 0 aliphatic carbocycles. The number of thioether (sulfide) groups is 1. The molecule has 0 spiro atoms. The Kier molecular flexibility index (Phi) is 6.25. The molecule has 0 bridgehead atoms. The lowest BCUT2D eigenvalue weighted by atomic mass is 10.1. The van der Waals surface area contributed by atoms with Crippen LogP contribution in [0.4, 0.5) is 4.79 Å². The topological polar surface area (TPSA) is 66.8 Å². The van der Waals surface area contributed by atoms with E-state index in [2.05, 4.69) is 0 Å². The Labute approximate surface area is 183 Å². The van der Waals surface area contributed by atoms with Gasteiger partial charge in [0, 0.05) is 15.6 Å². The average Bonchev–Trinajstić information content (AvgIpc) is 2.88. The minimum absolute atomic E-state index is 0.00303. The van der Waals surface area contributed by atoms with E-state index in [-0.39, 0.29) is 22.9 Å². The molecule has 0 radical (unpaired) electrons. The summed E-state index contributed by atoms with van der Waals surface area (Å²) in [6, 6.07) is 8.29. The zero-order chi connectivity index (χ0) is 19.7. The van der Waals surface area contributed by atoms with Crippen LogP contribution >= 0.6 is 57.6 Å². The van der Waals surface area contributed by atoms with Gasteiger partial charge in [0.05, 0.1) is 22.1 Å². The van der Waals surface area contributed by atoms with Crippen molar-refractivity contribution in [3.05, 3.63) is 60.0 Å². The molecule has 2 amide bonds. The Morgan fingerprint density at radius 2 is 1.93 bits per heavy atom. The Hall–Kier alpha value is -1.42. The molecule has 1 aliphatic rings. The summed E-state index contributed by atoms with van der Waals surface area (Å²) in [5.74, 6) is -0.116. The summed E-state index contributed by atoms with van der Waals surface area (Å²) in [6.45, 7) is -0.00303. The number of hydrogen-bond donors (Lipinski definition) is 1. The van der Waals surface area contributed by atoms with Crippen LogP contribution in [0.5, 0.6) is 11.5 Å². The smallest absolute Gasteiger partial charge is 0.293 e. The fourth-order valence-corrected chi connectivity index (χ4v) is 4.44. The fourth-order valence-electron chi connectivity index (χ4n) is 2.46. The minimum Gasteiger partial charge on any atom is -0.504 e. The number of halogens is 3. The molecule has 5 nitrogen and oxygen atoms in total. The van der Waals surface area contributed by atoms with E-state index in [1.165, 1.54) is 7.11 Å². The van der Waals surface area contributed by atoms with Crippen molar-refractivity contribution in [3.8, 4) is 11.5 Å². The Morgan fingerprint density at radius 3 is 2.56 bits per heavy atom. The third-order valence-corrected chi connectivity index (χ3v) is 6.26. The zero-order valence-corrected chi connectivity index (χ0v) is 18.3. The Balaban J connectivity index is 1.90. The number of nitrogens with zero attached hydrogens (tertiary/aromatic N) is 1. The van der Waals surface area contributed by atoms with Crippen molar-refractivity contribution in [2.75, 3.05) is 7.11 Å². The van der Waals surface area contributed by atoms with Crippen LogP contribution in [0.2, 0.25) is 10.0 Å². The summed E-state index contributed by atoms with van der Waals surface area (Å²) in [6.07, 6.45) is 1.59. The first-order valence-electron chi connectivity index (χ1n) is 7.56. The van der Waals surface area contributed by atoms with Gasteiger partial charge in [0.2, 0.25) is 0 Å². The van der Waals surface area contributed by atoms with Gasteiger partial charge in [-0.05, 0) is 70.3 Å². The maximum absolute atomic E-state index is 12.7. The van der Waals surface area contributed by atoms with Gasteiger partial charge >= 0.3 is 0 Å². The standard InChI is InChI=1S/C18H12Cl2INO4S/c1-26-14-6-9(5-13(21)16(14)23)7-15-17(24)22(18(25)27-15)8-10-11(19)3-2-4-12(10)20/h2-7,23H,8H2,1H3/b15-7-. The van der Waals surface area contributed by atoms with Crippen molar-refractivity contribution < 1.29 is 19.4 Å². The number of ether oxygens (including phenoxy) is 1. The molecule has 2 aromatic rings. The highest BCUT2D eigenvalue weighted by atomic mass is 127. The normalized spacial score (nSPS) is 15.7. The number of aromatic hydroxyl groups is 1. The first kappa shape index (κ1) is 20.3. The molecule has 1 aliphatic heterocycles. The summed E-state index contributed by atoms with van der Waals surface area (Å²) in [7, 11) is 1.44. The first-order chi connectivity index (χ1) is 12.8. The number of carbonyl (C=O) groups excluding carboxylic acids is 2. The van der Waals surface area contributed by atoms with Crippen LogP contribution in [0.1, 0.15) is 11.1 Å². The van der Waals surface area contributed by atoms with Crippen molar-refractivity contribution in [2.45, 2.75) is 6.54 Å². The number of methoxy groups -OCH3 is 1. The predicted molar refractivity (Wildman–Crippen MR) is 115 cm³/mol. The fraction of sp³-hybridized carbons (Fsp3) is 0.111. The highest BCUT2D eigenvalue weighted by Gasteiger charge is 2.35. The molecule has 3 rings (SSSR count). The molecule has 0 aromatic heterocycles. The molecule has 1 heterocycles. The van der Waals surface area contributed by atoms with Crippen LogP contribution in [0.25, 0.3) is 6.08 Å². The number of imide groups is 1. The van der Waals surface area contributed by atoms with Gasteiger partial charge in [-0.3, -0.25) is 14.5 Å². The van der Waals surface area contributed by atoms with Gasteiger partial charge < -0.3 is 9.84 Å². The first-order valence-corrected chi connectivity index (χ1v) is 10.2. The van der Waals surface area contributed by atoms with Gasteiger partial charge in [0.25, 0.3) is 11.1 Å². The average molecular weight is 536 g/mol. The van der Waals surface area contributed by atoms with Crippen LogP contribution in [-0.4, -0.2) is 28.3 Å². The Bertz CT molecular complexity index is 960. The molecular formula is C18H12Cl2INO4S. The van der Waals surface area contributed by atoms with Gasteiger partial charge in [-0.2, -0.15) is 0 Å². The van der Waals surface area contributed by atoms with E-state index in [9.17, 15) is 14.7 Å². The van der Waals surface area contributed by atoms with Gasteiger partial charge in [-0.15, -0.1) is 0 Å². The van der Waals surface area contributed by atoms with E-state index in [0.717, 1.165) is 16.7 Å². The second-order valence-electron chi connectivity index (χ2n) is 5.52. The maximum atomic E-state index is 12.7. The lowest BCUT2D eigenvalue weighted by Crippen LogP contribution is -2.27. The van der Waals surface area contributed by atoms with Crippen LogP contribution in [0, 0.1) is 3.57 Å². The molecule has 0 atom stereocenters. The Morgan fingerprint density at radius 1 is 1.26 bits per heavy atom. The van der Waals surface area contributed by atoms with Gasteiger partial charge in [-0.1, -0.05) is 29.3 Å². The van der Waals surface area contributed by atoms with Crippen LogP contribution < -0.4 is 4.74 Å². The number of phenols is 1. The van der Waals surface area contributed by atoms with Crippen LogP contribution in [0.15, 0.2) is 35.2 Å². The molecular weight excluding hydrogens is 524 g/mol. The molecule has 1 fully saturated rings. The molecule has 0 unspecified atom stereocenters. The highest BCUT2D eigenvalue weighted by Crippen LogP contribution is 2.38. The van der Waals surface area contributed by atoms with Crippen molar-refractivity contribution >= 4 is 74.8 Å². The number of hydrogen-bond acceptors (Lipinski definition) is 5. The number of carbonyl (C=O) groups is 2. The highest BCUT2D eigenvalue weighted by molar-refractivity contribution is 14.1. The SMILES string of the molecule is COc1cc(/C=C2\SC(=O)N(Cc3c(Cl)cccc3Cl)C2=O)cc(I)c1O. The third kappa shape index (κ3) is 4.21. The van der Waals surface area contributed by atoms with Crippen molar-refractivity contribution in [3.63, 3.8) is 0 Å². The molecule has 9 heteroatoms. The van der Waals surface area contributed by atoms with E-state index in [1.54, 1.807) is 36.4 Å². The van der Waals surface area contributed by atoms with E-state index in [0.29, 0.717) is 24.7 Å². The molecule has 2 aromatic carbocycles. The van der Waals surface area contributed by atoms with E-state index >= 15 is 0 Å². The second-order valence-corrected chi connectivity index (χ2v) is 8.49. The summed E-state index contributed by atoms with van der Waals surface area (Å²) < 4.78 is 5.69. The monoisotopic (exact) mass is 535 g/mol. The third-order valence-electron chi connectivity index (χ3n) is 3.82. The summed E-state index contributed by atoms with van der Waals surface area (Å²) in [4.78, 5) is 26.4. The number of amides is 2. The van der Waals surface area contributed by atoms with Gasteiger partial charge in [0.1, 0.15) is 0 Å². The van der Waals surface area contributed by atoms with E-state index in [1.807, 2.05) is 22.6 Å². The van der Waals surface area contributed by atoms with Crippen LogP contribution in [-0.2, 0) is 11.3 Å². The maximum Gasteiger partial charge on any atom is 0.293 e. The minimum atomic E-state index is -0.428. The zero-order valence-electron chi connectivity index (χ0n) is 13.8. The second kappa shape index (κ2) is 8.30. The molecule has 1 saturated heterocycles. The molecule has 0 saturated carbocycles. The van der Waals surface area contributed by atoms with E-state index < -0.39 is 11.1 Å². The van der Waals surface area contributed by atoms with Gasteiger partial charge in [0.15, 0.2) is 11.5 Å². The lowest BCUT2D eigenvalue weighted by Gasteiger charge is -2.14. The van der Waals surface area contributed by atoms with Crippen molar-refractivity contribution in [1.82, 2.24) is 4.90 Å². The number of phenolic OH excluding ortho intramolecular Hbond substituents is 1. The summed E-state index contributed by atoms with van der Waals surface area (Å²) >= 11 is 15.1. The predicted octanol–water partition coefficient (Wildman–Crippen LogP) is 5.55.